The van der Waals surface area contributed by atoms with Crippen LogP contribution in [0.5, 0.6) is 0 Å². The zero-order chi connectivity index (χ0) is 15.9. The molecule has 4 bridgehead atoms. The van der Waals surface area contributed by atoms with Gasteiger partial charge in [-0.1, -0.05) is 0 Å². The third kappa shape index (κ3) is 3.36. The largest absolute Gasteiger partial charge is 0.388 e. The highest BCUT2D eigenvalue weighted by Crippen LogP contribution is 2.56. The van der Waals surface area contributed by atoms with E-state index in [0.717, 1.165) is 30.2 Å². The molecule has 4 aliphatic carbocycles. The van der Waals surface area contributed by atoms with E-state index in [-0.39, 0.29) is 6.03 Å². The summed E-state index contributed by atoms with van der Waals surface area (Å²) in [4.78, 5) is 12.1. The van der Waals surface area contributed by atoms with Crippen molar-refractivity contribution in [3.8, 4) is 0 Å². The first kappa shape index (κ1) is 15.7. The topological polar surface area (TPSA) is 70.6 Å². The molecule has 5 rings (SSSR count). The first-order valence-electron chi connectivity index (χ1n) is 9.43. The van der Waals surface area contributed by atoms with Crippen LogP contribution >= 0.6 is 0 Å². The molecule has 130 valence electrons. The Balaban J connectivity index is 1.22. The van der Waals surface area contributed by atoms with E-state index in [9.17, 15) is 9.90 Å². The Kier molecular flexibility index (Phi) is 4.26. The number of carbonyl (C=O) groups is 1. The fourth-order valence-electron chi connectivity index (χ4n) is 5.82. The molecule has 1 saturated heterocycles. The van der Waals surface area contributed by atoms with Crippen molar-refractivity contribution in [3.63, 3.8) is 0 Å². The second kappa shape index (κ2) is 6.25. The van der Waals surface area contributed by atoms with Crippen LogP contribution in [-0.4, -0.2) is 43.0 Å². The summed E-state index contributed by atoms with van der Waals surface area (Å²) in [5.41, 5.74) is -0.793. The van der Waals surface area contributed by atoms with Gasteiger partial charge in [0.2, 0.25) is 0 Å². The lowest BCUT2D eigenvalue weighted by atomic mass is 9.52. The molecule has 0 atom stereocenters. The zero-order valence-corrected chi connectivity index (χ0v) is 13.9. The number of hydrogen-bond acceptors (Lipinski definition) is 3. The molecule has 0 aromatic rings. The molecule has 4 saturated carbocycles. The Labute approximate surface area is 138 Å². The summed E-state index contributed by atoms with van der Waals surface area (Å²) in [7, 11) is 0. The molecule has 23 heavy (non-hydrogen) atoms. The highest BCUT2D eigenvalue weighted by atomic mass is 16.5. The van der Waals surface area contributed by atoms with Gasteiger partial charge in [-0.25, -0.2) is 4.79 Å². The molecule has 3 N–H and O–H groups in total. The number of ether oxygens (including phenoxy) is 1. The molecule has 1 aliphatic heterocycles. The van der Waals surface area contributed by atoms with E-state index in [4.69, 9.17) is 4.74 Å². The maximum atomic E-state index is 12.1. The fraction of sp³-hybridized carbons (Fsp3) is 0.944. The molecule has 0 spiro atoms. The smallest absolute Gasteiger partial charge is 0.314 e. The van der Waals surface area contributed by atoms with Crippen LogP contribution in [0.4, 0.5) is 4.79 Å². The molecule has 0 unspecified atom stereocenters. The lowest BCUT2D eigenvalue weighted by Gasteiger charge is -2.54. The predicted molar refractivity (Wildman–Crippen MR) is 86.9 cm³/mol. The Morgan fingerprint density at radius 1 is 1.00 bits per heavy atom. The second-order valence-corrected chi connectivity index (χ2v) is 8.49. The highest BCUT2D eigenvalue weighted by molar-refractivity contribution is 5.73. The van der Waals surface area contributed by atoms with Crippen LogP contribution in [-0.2, 0) is 4.74 Å². The van der Waals surface area contributed by atoms with E-state index in [1.807, 2.05) is 0 Å². The molecule has 5 heteroatoms. The van der Waals surface area contributed by atoms with Gasteiger partial charge in [0, 0.05) is 39.1 Å². The van der Waals surface area contributed by atoms with Gasteiger partial charge in [0.15, 0.2) is 0 Å². The van der Waals surface area contributed by atoms with E-state index >= 15 is 0 Å². The maximum Gasteiger partial charge on any atom is 0.314 e. The molecule has 5 aliphatic rings. The number of hydrogen-bond donors (Lipinski definition) is 3. The molecule has 0 radical (unpaired) electrons. The molecule has 1 heterocycles. The SMILES string of the molecule is O=C(NCC1C2CC3CC(C2)CC1C3)NCC1(O)CCOCC1. The normalized spacial score (nSPS) is 40.8. The molecular formula is C18H30N2O3. The van der Waals surface area contributed by atoms with Gasteiger partial charge in [-0.05, 0) is 61.7 Å². The van der Waals surface area contributed by atoms with E-state index < -0.39 is 5.60 Å². The first-order valence-corrected chi connectivity index (χ1v) is 9.43. The standard InChI is InChI=1S/C18H30N2O3/c21-17(20-11-18(22)1-3-23-4-2-18)19-10-16-14-6-12-5-13(8-14)9-15(16)7-12/h12-16,22H,1-11H2,(H2,19,20,21). The van der Waals surface area contributed by atoms with Crippen LogP contribution in [0.1, 0.15) is 44.9 Å². The van der Waals surface area contributed by atoms with Gasteiger partial charge in [-0.3, -0.25) is 0 Å². The quantitative estimate of drug-likeness (QED) is 0.740. The Morgan fingerprint density at radius 2 is 1.61 bits per heavy atom. The summed E-state index contributed by atoms with van der Waals surface area (Å²) < 4.78 is 5.26. The van der Waals surface area contributed by atoms with Crippen LogP contribution in [0.15, 0.2) is 0 Å². The van der Waals surface area contributed by atoms with E-state index in [1.54, 1.807) is 0 Å². The molecule has 5 fully saturated rings. The predicted octanol–water partition coefficient (Wildman–Crippen LogP) is 1.90. The summed E-state index contributed by atoms with van der Waals surface area (Å²) in [6, 6.07) is -0.126. The lowest BCUT2D eigenvalue weighted by Crippen LogP contribution is -2.52. The van der Waals surface area contributed by atoms with Crippen molar-refractivity contribution < 1.29 is 14.6 Å². The number of aliphatic hydroxyl groups is 1. The number of nitrogens with one attached hydrogen (secondary N) is 2. The molecule has 0 aromatic heterocycles. The number of amides is 2. The molecule has 0 aromatic carbocycles. The maximum absolute atomic E-state index is 12.1. The monoisotopic (exact) mass is 322 g/mol. The Morgan fingerprint density at radius 3 is 2.22 bits per heavy atom. The highest BCUT2D eigenvalue weighted by Gasteiger charge is 2.47. The number of urea groups is 1. The Hall–Kier alpha value is -0.810. The van der Waals surface area contributed by atoms with Crippen molar-refractivity contribution in [1.82, 2.24) is 10.6 Å². The van der Waals surface area contributed by atoms with Crippen LogP contribution in [0, 0.1) is 29.6 Å². The van der Waals surface area contributed by atoms with Crippen molar-refractivity contribution in [2.45, 2.75) is 50.5 Å². The van der Waals surface area contributed by atoms with Gasteiger partial charge in [-0.2, -0.15) is 0 Å². The average Bonchev–Trinajstić information content (AvgIpc) is 2.52. The minimum Gasteiger partial charge on any atom is -0.388 e. The minimum absolute atomic E-state index is 0.126. The van der Waals surface area contributed by atoms with Gasteiger partial charge in [0.1, 0.15) is 0 Å². The van der Waals surface area contributed by atoms with Gasteiger partial charge in [-0.15, -0.1) is 0 Å². The van der Waals surface area contributed by atoms with Gasteiger partial charge >= 0.3 is 6.03 Å². The summed E-state index contributed by atoms with van der Waals surface area (Å²) >= 11 is 0. The minimum atomic E-state index is -0.793. The lowest BCUT2D eigenvalue weighted by molar-refractivity contribution is -0.0602. The third-order valence-corrected chi connectivity index (χ3v) is 6.92. The van der Waals surface area contributed by atoms with E-state index in [0.29, 0.717) is 38.5 Å². The van der Waals surface area contributed by atoms with E-state index in [2.05, 4.69) is 10.6 Å². The number of rotatable bonds is 4. The van der Waals surface area contributed by atoms with Gasteiger partial charge in [0.05, 0.1) is 5.60 Å². The molecular weight excluding hydrogens is 292 g/mol. The van der Waals surface area contributed by atoms with Crippen molar-refractivity contribution in [3.05, 3.63) is 0 Å². The van der Waals surface area contributed by atoms with Crippen LogP contribution < -0.4 is 10.6 Å². The van der Waals surface area contributed by atoms with Crippen molar-refractivity contribution >= 4 is 6.03 Å². The van der Waals surface area contributed by atoms with E-state index in [1.165, 1.54) is 32.1 Å². The van der Waals surface area contributed by atoms with Crippen molar-refractivity contribution in [2.75, 3.05) is 26.3 Å². The second-order valence-electron chi connectivity index (χ2n) is 8.49. The summed E-state index contributed by atoms with van der Waals surface area (Å²) in [5.74, 6) is 4.31. The molecule has 2 amide bonds. The van der Waals surface area contributed by atoms with Gasteiger partial charge in [0.25, 0.3) is 0 Å². The summed E-state index contributed by atoms with van der Waals surface area (Å²) in [5, 5.41) is 16.3. The van der Waals surface area contributed by atoms with Crippen molar-refractivity contribution in [2.24, 2.45) is 29.6 Å². The van der Waals surface area contributed by atoms with Crippen LogP contribution in [0.25, 0.3) is 0 Å². The Bertz CT molecular complexity index is 420. The summed E-state index contributed by atoms with van der Waals surface area (Å²) in [6.45, 7) is 2.28. The van der Waals surface area contributed by atoms with Crippen LogP contribution in [0.2, 0.25) is 0 Å². The van der Waals surface area contributed by atoms with Crippen LogP contribution in [0.3, 0.4) is 0 Å². The zero-order valence-electron chi connectivity index (χ0n) is 13.9. The summed E-state index contributed by atoms with van der Waals surface area (Å²) in [6.07, 6.45) is 8.23. The van der Waals surface area contributed by atoms with Crippen molar-refractivity contribution in [1.29, 1.82) is 0 Å². The third-order valence-electron chi connectivity index (χ3n) is 6.92. The van der Waals surface area contributed by atoms with Gasteiger partial charge < -0.3 is 20.5 Å². The fourth-order valence-corrected chi connectivity index (χ4v) is 5.82. The first-order chi connectivity index (χ1) is 11.1. The number of carbonyl (C=O) groups excluding carboxylic acids is 1. The average molecular weight is 322 g/mol. The molecule has 5 nitrogen and oxygen atoms in total.